The normalized spacial score (nSPS) is 26.0. The van der Waals surface area contributed by atoms with Crippen LogP contribution in [0.2, 0.25) is 0 Å². The molecule has 7 heteroatoms. The van der Waals surface area contributed by atoms with Crippen LogP contribution in [0.15, 0.2) is 22.8 Å². The van der Waals surface area contributed by atoms with Crippen molar-refractivity contribution in [3.05, 3.63) is 24.2 Å². The molecule has 2 atom stereocenters. The van der Waals surface area contributed by atoms with Crippen molar-refractivity contribution < 1.29 is 18.7 Å². The van der Waals surface area contributed by atoms with Gasteiger partial charge in [-0.1, -0.05) is 0 Å². The lowest BCUT2D eigenvalue weighted by atomic mass is 10.1. The van der Waals surface area contributed by atoms with E-state index in [-0.39, 0.29) is 24.0 Å². The zero-order valence-electron chi connectivity index (χ0n) is 12.7. The van der Waals surface area contributed by atoms with Crippen LogP contribution in [0, 0.1) is 0 Å². The van der Waals surface area contributed by atoms with Gasteiger partial charge in [0.25, 0.3) is 5.91 Å². The maximum Gasteiger partial charge on any atom is 0.289 e. The molecular formula is C15H21N3O4. The first kappa shape index (κ1) is 15.1. The third-order valence-electron chi connectivity index (χ3n) is 4.19. The summed E-state index contributed by atoms with van der Waals surface area (Å²) in [7, 11) is 0. The molecule has 1 N–H and O–H groups in total. The average molecular weight is 307 g/mol. The molecule has 0 unspecified atom stereocenters. The van der Waals surface area contributed by atoms with Crippen LogP contribution in [0.1, 0.15) is 17.5 Å². The van der Waals surface area contributed by atoms with E-state index >= 15 is 0 Å². The quantitative estimate of drug-likeness (QED) is 0.828. The van der Waals surface area contributed by atoms with Crippen molar-refractivity contribution >= 4 is 11.8 Å². The number of carbonyl (C=O) groups excluding carboxylic acids is 2. The molecule has 2 fully saturated rings. The van der Waals surface area contributed by atoms with Crippen LogP contribution in [0.3, 0.4) is 0 Å². The van der Waals surface area contributed by atoms with Crippen molar-refractivity contribution in [1.29, 1.82) is 0 Å². The largest absolute Gasteiger partial charge is 0.459 e. The zero-order valence-corrected chi connectivity index (χ0v) is 12.7. The van der Waals surface area contributed by atoms with Gasteiger partial charge in [-0.05, 0) is 19.1 Å². The fraction of sp³-hybridized carbons (Fsp3) is 0.600. The highest BCUT2D eigenvalue weighted by Crippen LogP contribution is 2.13. The Balaban J connectivity index is 1.55. The molecule has 0 radical (unpaired) electrons. The average Bonchev–Trinajstić information content (AvgIpc) is 3.09. The SMILES string of the molecule is C[C@H]1OCCN[C@@H]1C(=O)N1CCN(C(=O)c2ccco2)CC1. The molecule has 120 valence electrons. The van der Waals surface area contributed by atoms with Gasteiger partial charge in [0.1, 0.15) is 6.04 Å². The van der Waals surface area contributed by atoms with Gasteiger partial charge in [-0.2, -0.15) is 0 Å². The highest BCUT2D eigenvalue weighted by Gasteiger charge is 2.34. The van der Waals surface area contributed by atoms with Gasteiger partial charge in [-0.15, -0.1) is 0 Å². The van der Waals surface area contributed by atoms with E-state index < -0.39 is 0 Å². The van der Waals surface area contributed by atoms with Crippen LogP contribution in [-0.4, -0.2) is 73.1 Å². The van der Waals surface area contributed by atoms with Crippen molar-refractivity contribution in [1.82, 2.24) is 15.1 Å². The van der Waals surface area contributed by atoms with Crippen molar-refractivity contribution in [2.75, 3.05) is 39.3 Å². The standard InChI is InChI=1S/C15H21N3O4/c1-11-13(16-4-10-21-11)15(20)18-7-5-17(6-8-18)14(19)12-3-2-9-22-12/h2-3,9,11,13,16H,4-8,10H2,1H3/t11-,13+/m1/s1. The van der Waals surface area contributed by atoms with E-state index in [1.807, 2.05) is 6.92 Å². The van der Waals surface area contributed by atoms with E-state index in [2.05, 4.69) is 5.32 Å². The Labute approximate surface area is 129 Å². The minimum atomic E-state index is -0.291. The molecule has 2 aliphatic heterocycles. The summed E-state index contributed by atoms with van der Waals surface area (Å²) in [5, 5.41) is 3.21. The molecule has 3 heterocycles. The number of carbonyl (C=O) groups is 2. The lowest BCUT2D eigenvalue weighted by Crippen LogP contribution is -2.60. The Morgan fingerprint density at radius 3 is 2.59 bits per heavy atom. The number of piperazine rings is 1. The molecule has 2 aliphatic rings. The number of furan rings is 1. The number of amides is 2. The molecule has 3 rings (SSSR count). The first-order valence-electron chi connectivity index (χ1n) is 7.63. The Morgan fingerprint density at radius 1 is 1.23 bits per heavy atom. The third kappa shape index (κ3) is 3.00. The first-order valence-corrected chi connectivity index (χ1v) is 7.63. The molecule has 0 aromatic carbocycles. The van der Waals surface area contributed by atoms with Gasteiger partial charge < -0.3 is 24.3 Å². The van der Waals surface area contributed by atoms with Gasteiger partial charge in [0.15, 0.2) is 5.76 Å². The lowest BCUT2D eigenvalue weighted by Gasteiger charge is -2.38. The second kappa shape index (κ2) is 6.50. The number of hydrogen-bond donors (Lipinski definition) is 1. The minimum absolute atomic E-state index is 0.0531. The fourth-order valence-corrected chi connectivity index (χ4v) is 2.89. The van der Waals surface area contributed by atoms with E-state index in [4.69, 9.17) is 9.15 Å². The molecule has 2 saturated heterocycles. The summed E-state index contributed by atoms with van der Waals surface area (Å²) in [6, 6.07) is 3.06. The number of ether oxygens (including phenoxy) is 1. The second-order valence-corrected chi connectivity index (χ2v) is 5.60. The number of nitrogens with zero attached hydrogens (tertiary/aromatic N) is 2. The highest BCUT2D eigenvalue weighted by atomic mass is 16.5. The number of rotatable bonds is 2. The van der Waals surface area contributed by atoms with E-state index in [1.165, 1.54) is 6.26 Å². The Bertz CT molecular complexity index is 523. The maximum absolute atomic E-state index is 12.5. The van der Waals surface area contributed by atoms with Gasteiger partial charge in [0.05, 0.1) is 19.0 Å². The van der Waals surface area contributed by atoms with Crippen LogP contribution < -0.4 is 5.32 Å². The number of hydrogen-bond acceptors (Lipinski definition) is 5. The van der Waals surface area contributed by atoms with Gasteiger partial charge in [0, 0.05) is 32.7 Å². The minimum Gasteiger partial charge on any atom is -0.459 e. The van der Waals surface area contributed by atoms with Crippen molar-refractivity contribution in [2.24, 2.45) is 0 Å². The molecule has 22 heavy (non-hydrogen) atoms. The summed E-state index contributed by atoms with van der Waals surface area (Å²) < 4.78 is 10.7. The van der Waals surface area contributed by atoms with Crippen LogP contribution in [0.25, 0.3) is 0 Å². The number of morpholine rings is 1. The topological polar surface area (TPSA) is 75.0 Å². The van der Waals surface area contributed by atoms with Crippen molar-refractivity contribution in [3.63, 3.8) is 0 Å². The molecule has 1 aromatic heterocycles. The number of nitrogens with one attached hydrogen (secondary N) is 1. The predicted octanol–water partition coefficient (Wildman–Crippen LogP) is -0.0591. The molecule has 0 bridgehead atoms. The molecule has 0 saturated carbocycles. The van der Waals surface area contributed by atoms with E-state index in [0.29, 0.717) is 45.1 Å². The predicted molar refractivity (Wildman–Crippen MR) is 78.4 cm³/mol. The summed E-state index contributed by atoms with van der Waals surface area (Å²) in [5.41, 5.74) is 0. The van der Waals surface area contributed by atoms with Gasteiger partial charge in [-0.25, -0.2) is 0 Å². The summed E-state index contributed by atoms with van der Waals surface area (Å²) >= 11 is 0. The lowest BCUT2D eigenvalue weighted by molar-refractivity contribution is -0.140. The van der Waals surface area contributed by atoms with Crippen LogP contribution in [0.5, 0.6) is 0 Å². The summed E-state index contributed by atoms with van der Waals surface area (Å²) in [6.07, 6.45) is 1.37. The Hall–Kier alpha value is -1.86. The molecule has 2 amide bonds. The summed E-state index contributed by atoms with van der Waals surface area (Å²) in [4.78, 5) is 28.2. The monoisotopic (exact) mass is 307 g/mol. The highest BCUT2D eigenvalue weighted by molar-refractivity contribution is 5.91. The summed E-state index contributed by atoms with van der Waals surface area (Å²) in [6.45, 7) is 5.35. The fourth-order valence-electron chi connectivity index (χ4n) is 2.89. The van der Waals surface area contributed by atoms with E-state index in [9.17, 15) is 9.59 Å². The molecule has 0 aliphatic carbocycles. The van der Waals surface area contributed by atoms with Crippen LogP contribution in [0.4, 0.5) is 0 Å². The van der Waals surface area contributed by atoms with Crippen molar-refractivity contribution in [2.45, 2.75) is 19.1 Å². The molecular weight excluding hydrogens is 286 g/mol. The van der Waals surface area contributed by atoms with Crippen molar-refractivity contribution in [3.8, 4) is 0 Å². The van der Waals surface area contributed by atoms with Gasteiger partial charge in [0.2, 0.25) is 5.91 Å². The Morgan fingerprint density at radius 2 is 1.95 bits per heavy atom. The van der Waals surface area contributed by atoms with Crippen LogP contribution in [-0.2, 0) is 9.53 Å². The zero-order chi connectivity index (χ0) is 15.5. The smallest absolute Gasteiger partial charge is 0.289 e. The van der Waals surface area contributed by atoms with Gasteiger partial charge in [-0.3, -0.25) is 9.59 Å². The molecule has 1 aromatic rings. The van der Waals surface area contributed by atoms with Crippen LogP contribution >= 0.6 is 0 Å². The molecule has 0 spiro atoms. The maximum atomic E-state index is 12.5. The van der Waals surface area contributed by atoms with E-state index in [1.54, 1.807) is 21.9 Å². The Kier molecular flexibility index (Phi) is 4.44. The molecule has 7 nitrogen and oxygen atoms in total. The summed E-state index contributed by atoms with van der Waals surface area (Å²) in [5.74, 6) is 0.276. The van der Waals surface area contributed by atoms with Gasteiger partial charge >= 0.3 is 0 Å². The van der Waals surface area contributed by atoms with E-state index in [0.717, 1.165) is 0 Å². The first-order chi connectivity index (χ1) is 10.7. The second-order valence-electron chi connectivity index (χ2n) is 5.60. The third-order valence-corrected chi connectivity index (χ3v) is 4.19.